The molecule has 9 heteroatoms. The molecular weight excluding hydrogens is 329 g/mol. The van der Waals surface area contributed by atoms with Crippen molar-refractivity contribution in [2.24, 2.45) is 0 Å². The predicted molar refractivity (Wildman–Crippen MR) is 79.6 cm³/mol. The Hall–Kier alpha value is -1.84. The molecule has 2 amide bonds. The van der Waals surface area contributed by atoms with Crippen LogP contribution in [0.1, 0.15) is 12.0 Å². The van der Waals surface area contributed by atoms with E-state index in [4.69, 9.17) is 14.2 Å². The maximum absolute atomic E-state index is 13.0. The number of benzene rings is 1. The highest BCUT2D eigenvalue weighted by molar-refractivity contribution is 5.90. The molecule has 1 saturated heterocycles. The first-order chi connectivity index (χ1) is 11.3. The zero-order valence-electron chi connectivity index (χ0n) is 13.3. The number of para-hydroxylation sites is 1. The van der Waals surface area contributed by atoms with Crippen molar-refractivity contribution >= 4 is 11.7 Å². The average Bonchev–Trinajstić information content (AvgIpc) is 2.55. The second-order valence-electron chi connectivity index (χ2n) is 5.24. The van der Waals surface area contributed by atoms with Crippen LogP contribution in [0.3, 0.4) is 0 Å². The molecule has 1 atom stereocenters. The Balaban J connectivity index is 2.11. The largest absolute Gasteiger partial charge is 0.418 e. The number of carbonyl (C=O) groups is 1. The number of hydrogen-bond acceptors (Lipinski definition) is 4. The highest BCUT2D eigenvalue weighted by Crippen LogP contribution is 2.34. The summed E-state index contributed by atoms with van der Waals surface area (Å²) in [4.78, 5) is 12.1. The van der Waals surface area contributed by atoms with E-state index in [9.17, 15) is 18.0 Å². The van der Waals surface area contributed by atoms with E-state index in [2.05, 4.69) is 10.6 Å². The van der Waals surface area contributed by atoms with Crippen LogP contribution in [0.5, 0.6) is 0 Å². The van der Waals surface area contributed by atoms with Gasteiger partial charge in [0.05, 0.1) is 24.5 Å². The molecule has 6 nitrogen and oxygen atoms in total. The van der Waals surface area contributed by atoms with Crippen molar-refractivity contribution < 1.29 is 32.2 Å². The van der Waals surface area contributed by atoms with Crippen molar-refractivity contribution in [3.63, 3.8) is 0 Å². The SMILES string of the molecule is COC1(OC)CCOC[C@@H]1NC(=O)Nc1ccccc1C(F)(F)F. The van der Waals surface area contributed by atoms with Gasteiger partial charge in [-0.1, -0.05) is 12.1 Å². The second-order valence-corrected chi connectivity index (χ2v) is 5.24. The van der Waals surface area contributed by atoms with Crippen LogP contribution in [0, 0.1) is 0 Å². The molecule has 2 N–H and O–H groups in total. The molecule has 0 spiro atoms. The van der Waals surface area contributed by atoms with Crippen LogP contribution < -0.4 is 10.6 Å². The lowest BCUT2D eigenvalue weighted by atomic mass is 10.0. The minimum atomic E-state index is -4.57. The lowest BCUT2D eigenvalue weighted by Gasteiger charge is -2.41. The molecule has 1 aliphatic heterocycles. The quantitative estimate of drug-likeness (QED) is 0.821. The number of hydrogen-bond donors (Lipinski definition) is 2. The van der Waals surface area contributed by atoms with Gasteiger partial charge in [0, 0.05) is 20.6 Å². The van der Waals surface area contributed by atoms with Gasteiger partial charge >= 0.3 is 12.2 Å². The van der Waals surface area contributed by atoms with Crippen LogP contribution in [0.25, 0.3) is 0 Å². The number of anilines is 1. The molecule has 1 fully saturated rings. The van der Waals surface area contributed by atoms with Gasteiger partial charge in [0.25, 0.3) is 0 Å². The van der Waals surface area contributed by atoms with E-state index in [0.29, 0.717) is 13.0 Å². The Kier molecular flexibility index (Phi) is 5.68. The van der Waals surface area contributed by atoms with Gasteiger partial charge in [0.15, 0.2) is 5.79 Å². The molecular formula is C15H19F3N2O4. The maximum atomic E-state index is 13.0. The number of methoxy groups -OCH3 is 2. The fourth-order valence-corrected chi connectivity index (χ4v) is 2.60. The summed E-state index contributed by atoms with van der Waals surface area (Å²) >= 11 is 0. The number of nitrogens with one attached hydrogen (secondary N) is 2. The summed E-state index contributed by atoms with van der Waals surface area (Å²) in [5, 5.41) is 4.76. The van der Waals surface area contributed by atoms with Crippen molar-refractivity contribution in [3.05, 3.63) is 29.8 Å². The van der Waals surface area contributed by atoms with Gasteiger partial charge in [0.2, 0.25) is 0 Å². The molecule has 2 rings (SSSR count). The zero-order valence-corrected chi connectivity index (χ0v) is 13.3. The second kappa shape index (κ2) is 7.37. The first kappa shape index (κ1) is 18.5. The Morgan fingerprint density at radius 3 is 2.58 bits per heavy atom. The van der Waals surface area contributed by atoms with Gasteiger partial charge < -0.3 is 24.8 Å². The van der Waals surface area contributed by atoms with Gasteiger partial charge in [-0.05, 0) is 12.1 Å². The minimum absolute atomic E-state index is 0.121. The highest BCUT2D eigenvalue weighted by Gasteiger charge is 2.43. The van der Waals surface area contributed by atoms with Crippen LogP contribution in [0.2, 0.25) is 0 Å². The van der Waals surface area contributed by atoms with Gasteiger partial charge in [-0.25, -0.2) is 4.79 Å². The van der Waals surface area contributed by atoms with E-state index in [0.717, 1.165) is 6.07 Å². The summed E-state index contributed by atoms with van der Waals surface area (Å²) in [6.07, 6.45) is -4.19. The van der Waals surface area contributed by atoms with E-state index < -0.39 is 29.6 Å². The molecule has 1 aromatic rings. The summed E-state index contributed by atoms with van der Waals surface area (Å²) in [7, 11) is 2.86. The molecule has 24 heavy (non-hydrogen) atoms. The summed E-state index contributed by atoms with van der Waals surface area (Å²) in [5.74, 6) is -1.08. The fraction of sp³-hybridized carbons (Fsp3) is 0.533. The third-order valence-electron chi connectivity index (χ3n) is 3.89. The molecule has 134 valence electrons. The van der Waals surface area contributed by atoms with Gasteiger partial charge in [-0.3, -0.25) is 0 Å². The standard InChI is InChI=1S/C15H19F3N2O4/c1-22-14(23-2)7-8-24-9-12(14)20-13(21)19-11-6-4-3-5-10(11)15(16,17)18/h3-6,12H,7-9H2,1-2H3,(H2,19,20,21)/t12-/m0/s1. The summed E-state index contributed by atoms with van der Waals surface area (Å²) < 4.78 is 54.9. The first-order valence-electron chi connectivity index (χ1n) is 7.24. The summed E-state index contributed by atoms with van der Waals surface area (Å²) in [6.45, 7) is 0.508. The molecule has 0 bridgehead atoms. The van der Waals surface area contributed by atoms with Crippen LogP contribution in [-0.2, 0) is 20.4 Å². The van der Waals surface area contributed by atoms with Crippen molar-refractivity contribution in [3.8, 4) is 0 Å². The van der Waals surface area contributed by atoms with E-state index in [1.165, 1.54) is 32.4 Å². The molecule has 0 saturated carbocycles. The lowest BCUT2D eigenvalue weighted by molar-refractivity contribution is -0.256. The van der Waals surface area contributed by atoms with E-state index in [1.807, 2.05) is 0 Å². The summed E-state index contributed by atoms with van der Waals surface area (Å²) in [5.41, 5.74) is -1.26. The van der Waals surface area contributed by atoms with Crippen LogP contribution in [0.15, 0.2) is 24.3 Å². The van der Waals surface area contributed by atoms with Crippen LogP contribution >= 0.6 is 0 Å². The molecule has 0 aromatic heterocycles. The zero-order chi connectivity index (χ0) is 17.8. The number of urea groups is 1. The molecule has 0 aliphatic carbocycles. The first-order valence-corrected chi connectivity index (χ1v) is 7.24. The normalized spacial score (nSPS) is 20.5. The van der Waals surface area contributed by atoms with E-state index >= 15 is 0 Å². The van der Waals surface area contributed by atoms with Gasteiger partial charge in [0.1, 0.15) is 6.04 Å². The topological polar surface area (TPSA) is 68.8 Å². The van der Waals surface area contributed by atoms with Crippen LogP contribution in [-0.4, -0.2) is 45.3 Å². The Labute approximate surface area is 137 Å². The third-order valence-corrected chi connectivity index (χ3v) is 3.89. The van der Waals surface area contributed by atoms with Crippen molar-refractivity contribution in [2.75, 3.05) is 32.8 Å². The number of amides is 2. The van der Waals surface area contributed by atoms with Crippen LogP contribution in [0.4, 0.5) is 23.7 Å². The number of carbonyl (C=O) groups excluding carboxylic acids is 1. The minimum Gasteiger partial charge on any atom is -0.379 e. The number of halogens is 3. The number of rotatable bonds is 4. The average molecular weight is 348 g/mol. The number of alkyl halides is 3. The van der Waals surface area contributed by atoms with Crippen molar-refractivity contribution in [1.82, 2.24) is 5.32 Å². The molecule has 1 aromatic carbocycles. The third kappa shape index (κ3) is 3.97. The van der Waals surface area contributed by atoms with Crippen molar-refractivity contribution in [2.45, 2.75) is 24.4 Å². The Bertz CT molecular complexity index is 576. The monoisotopic (exact) mass is 348 g/mol. The molecule has 0 unspecified atom stereocenters. The van der Waals surface area contributed by atoms with Gasteiger partial charge in [-0.15, -0.1) is 0 Å². The molecule has 0 radical (unpaired) electrons. The lowest BCUT2D eigenvalue weighted by Crippen LogP contribution is -2.60. The number of ether oxygens (including phenoxy) is 3. The Morgan fingerprint density at radius 1 is 1.29 bits per heavy atom. The maximum Gasteiger partial charge on any atom is 0.418 e. The van der Waals surface area contributed by atoms with E-state index in [-0.39, 0.29) is 12.3 Å². The fourth-order valence-electron chi connectivity index (χ4n) is 2.60. The summed E-state index contributed by atoms with van der Waals surface area (Å²) in [6, 6.07) is 3.26. The predicted octanol–water partition coefficient (Wildman–Crippen LogP) is 2.60. The van der Waals surface area contributed by atoms with Gasteiger partial charge in [-0.2, -0.15) is 13.2 Å². The molecule has 1 aliphatic rings. The smallest absolute Gasteiger partial charge is 0.379 e. The van der Waals surface area contributed by atoms with E-state index in [1.54, 1.807) is 0 Å². The van der Waals surface area contributed by atoms with Crippen molar-refractivity contribution in [1.29, 1.82) is 0 Å². The Morgan fingerprint density at radius 2 is 1.96 bits per heavy atom. The highest BCUT2D eigenvalue weighted by atomic mass is 19.4. The molecule has 1 heterocycles.